The van der Waals surface area contributed by atoms with Crippen molar-refractivity contribution in [2.45, 2.75) is 44.2 Å². The maximum atomic E-state index is 14.5. The normalized spacial score (nSPS) is 23.6. The number of hydrogen-bond acceptors (Lipinski definition) is 5. The second kappa shape index (κ2) is 7.88. The van der Waals surface area contributed by atoms with Crippen molar-refractivity contribution < 1.29 is 18.7 Å². The molecular weight excluding hydrogens is 404 g/mol. The number of aromatic nitrogens is 3. The maximum absolute atomic E-state index is 14.5. The highest BCUT2D eigenvalue weighted by Gasteiger charge is 2.35. The third-order valence-electron chi connectivity index (χ3n) is 6.24. The molecule has 162 valence electrons. The lowest BCUT2D eigenvalue weighted by atomic mass is 10.0. The topological polar surface area (TPSA) is 82.8 Å². The molecule has 1 aliphatic carbocycles. The van der Waals surface area contributed by atoms with Crippen LogP contribution >= 0.6 is 0 Å². The van der Waals surface area contributed by atoms with Crippen molar-refractivity contribution in [3.8, 4) is 0 Å². The number of aliphatic hydroxyl groups excluding tert-OH is 1. The molecule has 0 radical (unpaired) electrons. The molecule has 1 aliphatic heterocycles. The van der Waals surface area contributed by atoms with Crippen LogP contribution in [-0.2, 0) is 4.79 Å². The van der Waals surface area contributed by atoms with Crippen molar-refractivity contribution in [3.63, 3.8) is 0 Å². The third kappa shape index (κ3) is 3.63. The van der Waals surface area contributed by atoms with Gasteiger partial charge < -0.3 is 15.3 Å². The van der Waals surface area contributed by atoms with Crippen molar-refractivity contribution in [3.05, 3.63) is 53.9 Å². The summed E-state index contributed by atoms with van der Waals surface area (Å²) in [5.41, 5.74) is 1.21. The van der Waals surface area contributed by atoms with E-state index in [0.29, 0.717) is 49.4 Å². The van der Waals surface area contributed by atoms with Gasteiger partial charge in [-0.15, -0.1) is 5.10 Å². The first-order chi connectivity index (χ1) is 15.0. The van der Waals surface area contributed by atoms with Gasteiger partial charge in [0, 0.05) is 30.4 Å². The van der Waals surface area contributed by atoms with Gasteiger partial charge >= 0.3 is 0 Å². The molecule has 9 heteroatoms. The molecule has 1 amide bonds. The number of benzene rings is 1. The summed E-state index contributed by atoms with van der Waals surface area (Å²) in [6.45, 7) is 0.593. The standard InChI is InChI=1S/C22H23F2N5O2/c23-14-5-7-17(24)16(12-14)18-3-1-9-28(18)21-19(20-25-8-2-10-29(20)27-21)26-22(31)13-4-6-15(30)11-13/h2,5,7-8,10,12-13,15,18,30H,1,3-4,6,9,11H2,(H,26,31)/t13-,15+,18+/m0/s1. The molecule has 2 aromatic heterocycles. The predicted octanol–water partition coefficient (Wildman–Crippen LogP) is 3.45. The Morgan fingerprint density at radius 2 is 2.10 bits per heavy atom. The van der Waals surface area contributed by atoms with Gasteiger partial charge in [-0.3, -0.25) is 4.79 Å². The predicted molar refractivity (Wildman–Crippen MR) is 111 cm³/mol. The molecule has 0 spiro atoms. The number of aliphatic hydroxyl groups is 1. The molecule has 7 nitrogen and oxygen atoms in total. The van der Waals surface area contributed by atoms with Gasteiger partial charge in [0.05, 0.1) is 12.1 Å². The van der Waals surface area contributed by atoms with Crippen molar-refractivity contribution in [1.29, 1.82) is 0 Å². The van der Waals surface area contributed by atoms with Gasteiger partial charge in [0.15, 0.2) is 11.5 Å². The molecule has 1 aromatic carbocycles. The molecule has 2 aliphatic rings. The number of nitrogens with one attached hydrogen (secondary N) is 1. The highest BCUT2D eigenvalue weighted by atomic mass is 19.1. The van der Waals surface area contributed by atoms with Crippen LogP contribution in [0, 0.1) is 17.6 Å². The van der Waals surface area contributed by atoms with E-state index in [-0.39, 0.29) is 17.4 Å². The lowest BCUT2D eigenvalue weighted by Crippen LogP contribution is -2.27. The average molecular weight is 427 g/mol. The fourth-order valence-electron chi connectivity index (χ4n) is 4.72. The summed E-state index contributed by atoms with van der Waals surface area (Å²) in [5.74, 6) is -0.946. The van der Waals surface area contributed by atoms with E-state index in [2.05, 4.69) is 15.4 Å². The van der Waals surface area contributed by atoms with Gasteiger partial charge in [-0.1, -0.05) is 0 Å². The number of nitrogens with zero attached hydrogens (tertiary/aromatic N) is 4. The Morgan fingerprint density at radius 3 is 2.90 bits per heavy atom. The summed E-state index contributed by atoms with van der Waals surface area (Å²) in [5, 5.41) is 17.4. The van der Waals surface area contributed by atoms with Crippen LogP contribution in [0.3, 0.4) is 0 Å². The number of rotatable bonds is 4. The van der Waals surface area contributed by atoms with Crippen molar-refractivity contribution >= 4 is 23.1 Å². The summed E-state index contributed by atoms with van der Waals surface area (Å²) in [6.07, 6.45) is 5.96. The number of anilines is 2. The van der Waals surface area contributed by atoms with E-state index in [1.807, 2.05) is 4.90 Å². The molecule has 3 aromatic rings. The minimum atomic E-state index is -0.492. The summed E-state index contributed by atoms with van der Waals surface area (Å²) in [4.78, 5) is 19.2. The zero-order chi connectivity index (χ0) is 21.5. The fraction of sp³-hybridized carbons (Fsp3) is 0.409. The monoisotopic (exact) mass is 427 g/mol. The third-order valence-corrected chi connectivity index (χ3v) is 6.24. The van der Waals surface area contributed by atoms with Crippen LogP contribution in [0.25, 0.3) is 5.65 Å². The van der Waals surface area contributed by atoms with Crippen molar-refractivity contribution in [1.82, 2.24) is 14.6 Å². The number of fused-ring (bicyclic) bond motifs is 1. The van der Waals surface area contributed by atoms with Gasteiger partial charge in [0.25, 0.3) is 0 Å². The zero-order valence-electron chi connectivity index (χ0n) is 16.8. The van der Waals surface area contributed by atoms with Crippen LogP contribution < -0.4 is 10.2 Å². The van der Waals surface area contributed by atoms with Crippen LogP contribution in [0.15, 0.2) is 36.7 Å². The summed E-state index contributed by atoms with van der Waals surface area (Å²) in [7, 11) is 0. The first-order valence-electron chi connectivity index (χ1n) is 10.5. The van der Waals surface area contributed by atoms with E-state index >= 15 is 0 Å². The Kier molecular flexibility index (Phi) is 5.05. The highest BCUT2D eigenvalue weighted by molar-refractivity contribution is 6.00. The van der Waals surface area contributed by atoms with Crippen LogP contribution in [0.1, 0.15) is 43.7 Å². The lowest BCUT2D eigenvalue weighted by molar-refractivity contribution is -0.119. The minimum Gasteiger partial charge on any atom is -0.393 e. The quantitative estimate of drug-likeness (QED) is 0.667. The SMILES string of the molecule is O=C(Nc1c(N2CCC[C@@H]2c2cc(F)ccc2F)nn2cccnc12)[C@H]1CC[C@@H](O)C1. The Morgan fingerprint density at radius 1 is 1.23 bits per heavy atom. The summed E-state index contributed by atoms with van der Waals surface area (Å²) < 4.78 is 30.0. The maximum Gasteiger partial charge on any atom is 0.227 e. The van der Waals surface area contributed by atoms with Gasteiger partial charge in [-0.2, -0.15) is 0 Å². The van der Waals surface area contributed by atoms with Gasteiger partial charge in [0.2, 0.25) is 5.91 Å². The molecule has 0 unspecified atom stereocenters. The molecule has 1 saturated heterocycles. The number of halogens is 2. The molecule has 2 N–H and O–H groups in total. The molecule has 31 heavy (non-hydrogen) atoms. The van der Waals surface area contributed by atoms with Crippen molar-refractivity contribution in [2.24, 2.45) is 5.92 Å². The Balaban J connectivity index is 1.54. The van der Waals surface area contributed by atoms with E-state index in [4.69, 9.17) is 0 Å². The smallest absolute Gasteiger partial charge is 0.227 e. The number of hydrogen-bond donors (Lipinski definition) is 2. The van der Waals surface area contributed by atoms with E-state index in [9.17, 15) is 18.7 Å². The molecule has 1 saturated carbocycles. The summed E-state index contributed by atoms with van der Waals surface area (Å²) in [6, 6.07) is 4.81. The summed E-state index contributed by atoms with van der Waals surface area (Å²) >= 11 is 0. The van der Waals surface area contributed by atoms with Crippen LogP contribution in [0.4, 0.5) is 20.3 Å². The Hall–Kier alpha value is -3.07. The Labute approximate surface area is 177 Å². The molecule has 3 atom stereocenters. The fourth-order valence-corrected chi connectivity index (χ4v) is 4.72. The first-order valence-corrected chi connectivity index (χ1v) is 10.5. The van der Waals surface area contributed by atoms with Crippen LogP contribution in [0.5, 0.6) is 0 Å². The van der Waals surface area contributed by atoms with Gasteiger partial charge in [0.1, 0.15) is 17.3 Å². The molecule has 0 bridgehead atoms. The molecule has 5 rings (SSSR count). The van der Waals surface area contributed by atoms with E-state index in [1.54, 1.807) is 23.0 Å². The molecule has 2 fully saturated rings. The lowest BCUT2D eigenvalue weighted by Gasteiger charge is -2.26. The number of amides is 1. The van der Waals surface area contributed by atoms with E-state index < -0.39 is 23.8 Å². The first kappa shape index (κ1) is 19.9. The van der Waals surface area contributed by atoms with Crippen LogP contribution in [-0.4, -0.2) is 38.3 Å². The second-order valence-electron chi connectivity index (χ2n) is 8.26. The van der Waals surface area contributed by atoms with Crippen LogP contribution in [0.2, 0.25) is 0 Å². The molecular formula is C22H23F2N5O2. The second-order valence-corrected chi connectivity index (χ2v) is 8.26. The average Bonchev–Trinajstić information content (AvgIpc) is 3.48. The zero-order valence-corrected chi connectivity index (χ0v) is 16.8. The van der Waals surface area contributed by atoms with E-state index in [0.717, 1.165) is 18.6 Å². The van der Waals surface area contributed by atoms with Gasteiger partial charge in [-0.05, 0) is 56.4 Å². The number of carbonyl (C=O) groups is 1. The van der Waals surface area contributed by atoms with Gasteiger partial charge in [-0.25, -0.2) is 18.3 Å². The molecule has 3 heterocycles. The van der Waals surface area contributed by atoms with E-state index in [1.165, 1.54) is 6.07 Å². The largest absolute Gasteiger partial charge is 0.393 e. The highest BCUT2D eigenvalue weighted by Crippen LogP contribution is 2.41. The number of carbonyl (C=O) groups excluding carboxylic acids is 1. The Bertz CT molecular complexity index is 1130. The van der Waals surface area contributed by atoms with Crippen molar-refractivity contribution in [2.75, 3.05) is 16.8 Å². The minimum absolute atomic E-state index is 0.189.